The van der Waals surface area contributed by atoms with Gasteiger partial charge in [-0.2, -0.15) is 0 Å². The Morgan fingerprint density at radius 2 is 2.30 bits per heavy atom. The van der Waals surface area contributed by atoms with Gasteiger partial charge in [-0.05, 0) is 37.7 Å². The molecule has 1 aliphatic rings. The Hall–Kier alpha value is -1.80. The van der Waals surface area contributed by atoms with Crippen LogP contribution in [0.4, 0.5) is 5.00 Å². The van der Waals surface area contributed by atoms with Crippen molar-refractivity contribution < 1.29 is 14.3 Å². The average Bonchev–Trinajstić information content (AvgIpc) is 3.17. The van der Waals surface area contributed by atoms with Gasteiger partial charge in [0.25, 0.3) is 0 Å². The average molecular weight is 408 g/mol. The third-order valence-corrected chi connectivity index (χ3v) is 6.81. The highest BCUT2D eigenvalue weighted by Crippen LogP contribution is 2.40. The molecule has 1 amide bonds. The summed E-state index contributed by atoms with van der Waals surface area (Å²) in [4.78, 5) is 30.4. The van der Waals surface area contributed by atoms with E-state index in [0.717, 1.165) is 30.0 Å². The quantitative estimate of drug-likeness (QED) is 0.557. The van der Waals surface area contributed by atoms with E-state index in [9.17, 15) is 9.59 Å². The van der Waals surface area contributed by atoms with Crippen LogP contribution in [0.5, 0.6) is 0 Å². The highest BCUT2D eigenvalue weighted by molar-refractivity contribution is 7.99. The monoisotopic (exact) mass is 407 g/mol. The minimum atomic E-state index is -0.331. The maximum atomic E-state index is 12.5. The number of fused-ring (bicyclic) bond motifs is 1. The molecule has 0 bridgehead atoms. The number of nitrogens with one attached hydrogen (secondary N) is 1. The zero-order chi connectivity index (χ0) is 19.4. The molecule has 1 atom stereocenters. The molecule has 6 nitrogen and oxygen atoms in total. The second kappa shape index (κ2) is 8.93. The molecule has 8 heteroatoms. The number of anilines is 1. The van der Waals surface area contributed by atoms with Crippen molar-refractivity contribution in [1.29, 1.82) is 0 Å². The lowest BCUT2D eigenvalue weighted by Crippen LogP contribution is -2.17. The number of ether oxygens (including phenoxy) is 1. The van der Waals surface area contributed by atoms with E-state index in [-0.39, 0.29) is 11.9 Å². The Morgan fingerprint density at radius 1 is 1.48 bits per heavy atom. The molecule has 2 aromatic rings. The Bertz CT molecular complexity index is 828. The summed E-state index contributed by atoms with van der Waals surface area (Å²) >= 11 is 3.07. The highest BCUT2D eigenvalue weighted by Gasteiger charge is 2.29. The molecule has 1 unspecified atom stereocenters. The van der Waals surface area contributed by atoms with Crippen LogP contribution in [0.1, 0.15) is 47.5 Å². The molecular weight excluding hydrogens is 382 g/mol. The minimum Gasteiger partial charge on any atom is -0.462 e. The van der Waals surface area contributed by atoms with Gasteiger partial charge in [0.15, 0.2) is 5.16 Å². The number of carbonyl (C=O) groups excluding carboxylic acids is 2. The number of carbonyl (C=O) groups is 2. The van der Waals surface area contributed by atoms with E-state index in [1.807, 2.05) is 17.8 Å². The van der Waals surface area contributed by atoms with E-state index in [1.165, 1.54) is 16.2 Å². The number of hydrogen-bond donors (Lipinski definition) is 1. The topological polar surface area (TPSA) is 73.2 Å². The molecule has 2 aromatic heterocycles. The van der Waals surface area contributed by atoms with Crippen LogP contribution in [0.3, 0.4) is 0 Å². The summed E-state index contributed by atoms with van der Waals surface area (Å²) in [6.07, 6.45) is 6.86. The number of thioether (sulfide) groups is 1. The van der Waals surface area contributed by atoms with Crippen LogP contribution in [-0.2, 0) is 29.4 Å². The molecule has 0 saturated carbocycles. The Kier molecular flexibility index (Phi) is 6.59. The number of aryl methyl sites for hydroxylation is 1. The number of amides is 1. The van der Waals surface area contributed by atoms with Gasteiger partial charge in [-0.25, -0.2) is 9.78 Å². The first-order valence-corrected chi connectivity index (χ1v) is 11.0. The number of thiophene rings is 1. The number of nitrogens with zero attached hydrogens (tertiary/aromatic N) is 2. The molecule has 0 fully saturated rings. The van der Waals surface area contributed by atoms with E-state index in [2.05, 4.69) is 17.2 Å². The molecule has 146 valence electrons. The number of rotatable bonds is 7. The summed E-state index contributed by atoms with van der Waals surface area (Å²) in [5.41, 5.74) is 1.63. The van der Waals surface area contributed by atoms with Crippen molar-refractivity contribution in [1.82, 2.24) is 9.55 Å². The zero-order valence-corrected chi connectivity index (χ0v) is 17.5. The Labute approximate surface area is 167 Å². The molecule has 0 aliphatic heterocycles. The van der Waals surface area contributed by atoms with Crippen LogP contribution in [-0.4, -0.2) is 33.8 Å². The van der Waals surface area contributed by atoms with Crippen LogP contribution in [0.25, 0.3) is 0 Å². The molecule has 3 rings (SSSR count). The van der Waals surface area contributed by atoms with Crippen molar-refractivity contribution in [3.8, 4) is 0 Å². The molecule has 0 radical (unpaired) electrons. The fraction of sp³-hybridized carbons (Fsp3) is 0.526. The summed E-state index contributed by atoms with van der Waals surface area (Å²) in [5, 5.41) is 4.48. The van der Waals surface area contributed by atoms with Gasteiger partial charge < -0.3 is 14.6 Å². The summed E-state index contributed by atoms with van der Waals surface area (Å²) in [6, 6.07) is 0. The van der Waals surface area contributed by atoms with Crippen molar-refractivity contribution in [2.45, 2.75) is 44.7 Å². The zero-order valence-electron chi connectivity index (χ0n) is 15.9. The largest absolute Gasteiger partial charge is 0.462 e. The van der Waals surface area contributed by atoms with Crippen LogP contribution < -0.4 is 5.32 Å². The van der Waals surface area contributed by atoms with Crippen molar-refractivity contribution in [2.75, 3.05) is 17.7 Å². The smallest absolute Gasteiger partial charge is 0.341 e. The Balaban J connectivity index is 1.68. The molecule has 0 saturated heterocycles. The molecule has 2 heterocycles. The molecule has 27 heavy (non-hydrogen) atoms. The second-order valence-electron chi connectivity index (χ2n) is 6.74. The van der Waals surface area contributed by atoms with Crippen molar-refractivity contribution in [3.05, 3.63) is 28.4 Å². The number of hydrogen-bond acceptors (Lipinski definition) is 6. The second-order valence-corrected chi connectivity index (χ2v) is 8.91. The SMILES string of the molecule is CCOC(=O)c1c(NC(=O)CCSc2nccn2C)sc2c1CCC(C)C2. The van der Waals surface area contributed by atoms with E-state index >= 15 is 0 Å². The molecule has 0 aromatic carbocycles. The van der Waals surface area contributed by atoms with Gasteiger partial charge in [-0.3, -0.25) is 4.79 Å². The van der Waals surface area contributed by atoms with Gasteiger partial charge >= 0.3 is 5.97 Å². The van der Waals surface area contributed by atoms with Gasteiger partial charge in [-0.1, -0.05) is 18.7 Å². The molecule has 1 N–H and O–H groups in total. The summed E-state index contributed by atoms with van der Waals surface area (Å²) in [5.74, 6) is 0.813. The van der Waals surface area contributed by atoms with Gasteiger partial charge in [-0.15, -0.1) is 11.3 Å². The fourth-order valence-electron chi connectivity index (χ4n) is 3.17. The van der Waals surface area contributed by atoms with Gasteiger partial charge in [0.1, 0.15) is 5.00 Å². The maximum absolute atomic E-state index is 12.5. The third kappa shape index (κ3) is 4.73. The first kappa shape index (κ1) is 19.9. The number of aromatic nitrogens is 2. The normalized spacial score (nSPS) is 16.0. The summed E-state index contributed by atoms with van der Waals surface area (Å²) in [7, 11) is 1.93. The summed E-state index contributed by atoms with van der Waals surface area (Å²) in [6.45, 7) is 4.35. The van der Waals surface area contributed by atoms with Crippen LogP contribution >= 0.6 is 23.1 Å². The maximum Gasteiger partial charge on any atom is 0.341 e. The van der Waals surface area contributed by atoms with E-state index in [0.29, 0.717) is 35.3 Å². The predicted molar refractivity (Wildman–Crippen MR) is 109 cm³/mol. The highest BCUT2D eigenvalue weighted by atomic mass is 32.2. The van der Waals surface area contributed by atoms with E-state index in [1.54, 1.807) is 24.9 Å². The third-order valence-electron chi connectivity index (χ3n) is 4.58. The van der Waals surface area contributed by atoms with Gasteiger partial charge in [0, 0.05) is 36.5 Å². The lowest BCUT2D eigenvalue weighted by atomic mass is 9.88. The van der Waals surface area contributed by atoms with Crippen molar-refractivity contribution in [3.63, 3.8) is 0 Å². The van der Waals surface area contributed by atoms with Gasteiger partial charge in [0.2, 0.25) is 5.91 Å². The van der Waals surface area contributed by atoms with Crippen molar-refractivity contribution >= 4 is 40.0 Å². The number of esters is 1. The van der Waals surface area contributed by atoms with E-state index < -0.39 is 0 Å². The van der Waals surface area contributed by atoms with Crippen LogP contribution in [0.2, 0.25) is 0 Å². The lowest BCUT2D eigenvalue weighted by molar-refractivity contribution is -0.115. The van der Waals surface area contributed by atoms with Crippen LogP contribution in [0, 0.1) is 5.92 Å². The first-order valence-electron chi connectivity index (χ1n) is 9.21. The van der Waals surface area contributed by atoms with Crippen molar-refractivity contribution in [2.24, 2.45) is 13.0 Å². The van der Waals surface area contributed by atoms with Crippen LogP contribution in [0.15, 0.2) is 17.6 Å². The lowest BCUT2D eigenvalue weighted by Gasteiger charge is -2.18. The standard InChI is InChI=1S/C19H25N3O3S2/c1-4-25-18(24)16-13-6-5-12(2)11-14(13)27-17(16)21-15(23)7-10-26-19-20-8-9-22(19)3/h8-9,12H,4-7,10-11H2,1-3H3,(H,21,23). The molecule has 0 spiro atoms. The minimum absolute atomic E-state index is 0.0890. The predicted octanol–water partition coefficient (Wildman–Crippen LogP) is 3.90. The van der Waals surface area contributed by atoms with Gasteiger partial charge in [0.05, 0.1) is 12.2 Å². The molecule has 1 aliphatic carbocycles. The Morgan fingerprint density at radius 3 is 3.00 bits per heavy atom. The fourth-order valence-corrected chi connectivity index (χ4v) is 5.46. The first-order chi connectivity index (χ1) is 13.0. The summed E-state index contributed by atoms with van der Waals surface area (Å²) < 4.78 is 7.17. The number of imidazole rings is 1. The molecular formula is C19H25N3O3S2. The van der Waals surface area contributed by atoms with E-state index in [4.69, 9.17) is 4.74 Å².